The molecule has 0 bridgehead atoms. The van der Waals surface area contributed by atoms with E-state index in [1.54, 1.807) is 17.2 Å². The van der Waals surface area contributed by atoms with Crippen molar-refractivity contribution < 1.29 is 22.4 Å². The van der Waals surface area contributed by atoms with E-state index >= 15 is 0 Å². The van der Waals surface area contributed by atoms with Gasteiger partial charge in [0.05, 0.1) is 6.26 Å². The first-order valence-electron chi connectivity index (χ1n) is 5.74. The molecule has 0 unspecified atom stereocenters. The van der Waals surface area contributed by atoms with E-state index in [1.165, 1.54) is 11.6 Å². The van der Waals surface area contributed by atoms with Gasteiger partial charge < -0.3 is 4.42 Å². The molecule has 0 aliphatic heterocycles. The van der Waals surface area contributed by atoms with Crippen molar-refractivity contribution in [3.05, 3.63) is 35.3 Å². The fourth-order valence-electron chi connectivity index (χ4n) is 1.50. The summed E-state index contributed by atoms with van der Waals surface area (Å²) < 4.78 is 42.2. The number of nitrogens with one attached hydrogen (secondary N) is 2. The summed E-state index contributed by atoms with van der Waals surface area (Å²) in [5.74, 6) is -2.01. The van der Waals surface area contributed by atoms with Gasteiger partial charge in [-0.2, -0.15) is 18.2 Å². The van der Waals surface area contributed by atoms with Gasteiger partial charge in [0.1, 0.15) is 5.69 Å². The highest BCUT2D eigenvalue weighted by atomic mass is 32.1. The lowest BCUT2D eigenvalue weighted by molar-refractivity contribution is -0.144. The third-order valence-electron chi connectivity index (χ3n) is 2.45. The Labute approximate surface area is 124 Å². The maximum atomic E-state index is 12.4. The first-order chi connectivity index (χ1) is 10.4. The summed E-state index contributed by atoms with van der Waals surface area (Å²) in [6.07, 6.45) is -3.20. The van der Waals surface area contributed by atoms with Crippen molar-refractivity contribution >= 4 is 23.2 Å². The second kappa shape index (κ2) is 5.26. The predicted octanol–water partition coefficient (Wildman–Crippen LogP) is 2.79. The maximum Gasteiger partial charge on any atom is 0.451 e. The largest absolute Gasteiger partial charge is 0.462 e. The van der Waals surface area contributed by atoms with Crippen LogP contribution in [0.2, 0.25) is 0 Å². The molecule has 0 radical (unpaired) electrons. The third-order valence-corrected chi connectivity index (χ3v) is 3.30. The van der Waals surface area contributed by atoms with E-state index in [9.17, 15) is 18.0 Å². The Morgan fingerprint density at radius 2 is 2.18 bits per heavy atom. The third kappa shape index (κ3) is 2.83. The number of furan rings is 1. The Balaban J connectivity index is 1.74. The minimum atomic E-state index is -4.66. The Kier molecular flexibility index (Phi) is 3.41. The maximum absolute atomic E-state index is 12.4. The number of carbonyl (C=O) groups excluding carboxylic acids is 1. The second-order valence-electron chi connectivity index (χ2n) is 3.97. The molecule has 0 saturated carbocycles. The van der Waals surface area contributed by atoms with E-state index in [0.29, 0.717) is 10.8 Å². The second-order valence-corrected chi connectivity index (χ2v) is 4.83. The molecular formula is C11H6F3N5O2S. The predicted molar refractivity (Wildman–Crippen MR) is 69.2 cm³/mol. The van der Waals surface area contributed by atoms with Crippen LogP contribution in [0, 0.1) is 0 Å². The first-order valence-corrected chi connectivity index (χ1v) is 6.62. The SMILES string of the molecule is O=C(Nc1n[nH]c(C(F)(F)F)n1)c1csc(-c2ccco2)n1. The van der Waals surface area contributed by atoms with Crippen molar-refractivity contribution in [1.29, 1.82) is 0 Å². The van der Waals surface area contributed by atoms with Crippen molar-refractivity contribution in [3.63, 3.8) is 0 Å². The van der Waals surface area contributed by atoms with Crippen molar-refractivity contribution in [2.45, 2.75) is 6.18 Å². The van der Waals surface area contributed by atoms with E-state index in [-0.39, 0.29) is 5.69 Å². The molecule has 7 nitrogen and oxygen atoms in total. The van der Waals surface area contributed by atoms with E-state index in [4.69, 9.17) is 4.42 Å². The molecule has 1 amide bonds. The van der Waals surface area contributed by atoms with Crippen LogP contribution >= 0.6 is 11.3 Å². The summed E-state index contributed by atoms with van der Waals surface area (Å²) in [5, 5.41) is 9.02. The van der Waals surface area contributed by atoms with E-state index in [0.717, 1.165) is 11.3 Å². The van der Waals surface area contributed by atoms with Gasteiger partial charge in [0, 0.05) is 5.38 Å². The number of carbonyl (C=O) groups is 1. The van der Waals surface area contributed by atoms with E-state index in [1.807, 2.05) is 0 Å². The topological polar surface area (TPSA) is 96.7 Å². The highest BCUT2D eigenvalue weighted by Crippen LogP contribution is 2.27. The zero-order chi connectivity index (χ0) is 15.7. The molecule has 0 atom stereocenters. The normalized spacial score (nSPS) is 11.6. The monoisotopic (exact) mass is 329 g/mol. The van der Waals surface area contributed by atoms with Gasteiger partial charge in [-0.15, -0.1) is 16.4 Å². The van der Waals surface area contributed by atoms with Gasteiger partial charge in [0.15, 0.2) is 10.8 Å². The number of anilines is 1. The quantitative estimate of drug-likeness (QED) is 0.770. The fourth-order valence-corrected chi connectivity index (χ4v) is 2.27. The van der Waals surface area contributed by atoms with Crippen molar-refractivity contribution in [2.75, 3.05) is 5.32 Å². The van der Waals surface area contributed by atoms with Crippen LogP contribution in [0.4, 0.5) is 19.1 Å². The van der Waals surface area contributed by atoms with E-state index < -0.39 is 23.9 Å². The van der Waals surface area contributed by atoms with Gasteiger partial charge >= 0.3 is 6.18 Å². The highest BCUT2D eigenvalue weighted by molar-refractivity contribution is 7.13. The van der Waals surface area contributed by atoms with Gasteiger partial charge in [-0.1, -0.05) is 0 Å². The number of amides is 1. The lowest BCUT2D eigenvalue weighted by Gasteiger charge is -1.99. The van der Waals surface area contributed by atoms with Crippen LogP contribution in [0.15, 0.2) is 28.2 Å². The number of nitrogens with zero attached hydrogens (tertiary/aromatic N) is 3. The summed E-state index contributed by atoms with van der Waals surface area (Å²) >= 11 is 1.16. The lowest BCUT2D eigenvalue weighted by atomic mass is 10.4. The average molecular weight is 329 g/mol. The molecule has 3 aromatic heterocycles. The summed E-state index contributed by atoms with van der Waals surface area (Å²) in [7, 11) is 0. The number of hydrogen-bond acceptors (Lipinski definition) is 6. The molecule has 3 aromatic rings. The smallest absolute Gasteiger partial charge is 0.451 e. The number of hydrogen-bond donors (Lipinski definition) is 2. The van der Waals surface area contributed by atoms with Crippen LogP contribution in [-0.2, 0) is 6.18 Å². The first kappa shape index (κ1) is 14.3. The molecule has 114 valence electrons. The molecule has 3 rings (SSSR count). The molecule has 11 heteroatoms. The van der Waals surface area contributed by atoms with Gasteiger partial charge in [-0.25, -0.2) is 4.98 Å². The van der Waals surface area contributed by atoms with Crippen LogP contribution in [0.1, 0.15) is 16.3 Å². The Morgan fingerprint density at radius 3 is 2.82 bits per heavy atom. The molecule has 22 heavy (non-hydrogen) atoms. The van der Waals surface area contributed by atoms with Gasteiger partial charge in [0.25, 0.3) is 5.91 Å². The molecule has 2 N–H and O–H groups in total. The average Bonchev–Trinajstić information content (AvgIpc) is 3.18. The van der Waals surface area contributed by atoms with Crippen molar-refractivity contribution in [1.82, 2.24) is 20.2 Å². The summed E-state index contributed by atoms with van der Waals surface area (Å²) in [6.45, 7) is 0. The minimum Gasteiger partial charge on any atom is -0.462 e. The molecule has 0 aliphatic carbocycles. The number of rotatable bonds is 3. The molecule has 0 spiro atoms. The minimum absolute atomic E-state index is 0.0229. The molecule has 0 fully saturated rings. The van der Waals surface area contributed by atoms with Crippen molar-refractivity contribution in [3.8, 4) is 10.8 Å². The molecule has 0 aliphatic rings. The molecule has 0 aromatic carbocycles. The number of halogens is 3. The number of aromatic nitrogens is 4. The summed E-state index contributed by atoms with van der Waals surface area (Å²) in [5.41, 5.74) is 0.0229. The number of H-pyrrole nitrogens is 1. The van der Waals surface area contributed by atoms with Crippen LogP contribution in [0.5, 0.6) is 0 Å². The van der Waals surface area contributed by atoms with Crippen LogP contribution in [0.3, 0.4) is 0 Å². The lowest BCUT2D eigenvalue weighted by Crippen LogP contribution is -2.14. The van der Waals surface area contributed by atoms with Crippen LogP contribution in [0.25, 0.3) is 10.8 Å². The molecule has 3 heterocycles. The van der Waals surface area contributed by atoms with Crippen LogP contribution in [-0.4, -0.2) is 26.1 Å². The Morgan fingerprint density at radius 1 is 1.36 bits per heavy atom. The number of alkyl halides is 3. The van der Waals surface area contributed by atoms with Crippen molar-refractivity contribution in [2.24, 2.45) is 0 Å². The molecular weight excluding hydrogens is 323 g/mol. The number of thiazole rings is 1. The van der Waals surface area contributed by atoms with Gasteiger partial charge in [0.2, 0.25) is 11.8 Å². The fraction of sp³-hybridized carbons (Fsp3) is 0.0909. The van der Waals surface area contributed by atoms with Gasteiger partial charge in [-0.3, -0.25) is 15.2 Å². The zero-order valence-electron chi connectivity index (χ0n) is 10.5. The summed E-state index contributed by atoms with van der Waals surface area (Å²) in [4.78, 5) is 19.0. The summed E-state index contributed by atoms with van der Waals surface area (Å²) in [6, 6.07) is 3.34. The molecule has 0 saturated heterocycles. The van der Waals surface area contributed by atoms with Crippen LogP contribution < -0.4 is 5.32 Å². The highest BCUT2D eigenvalue weighted by Gasteiger charge is 2.35. The zero-order valence-corrected chi connectivity index (χ0v) is 11.3. The van der Waals surface area contributed by atoms with Gasteiger partial charge in [-0.05, 0) is 12.1 Å². The van der Waals surface area contributed by atoms with E-state index in [2.05, 4.69) is 20.4 Å². The standard InChI is InChI=1S/C11H6F3N5O2S/c12-11(13,14)9-17-10(19-18-9)16-7(20)5-4-22-8(15-5)6-2-1-3-21-6/h1-4H,(H2,16,17,18,19,20). The number of aromatic amines is 1. The Bertz CT molecular complexity index is 793. The Hall–Kier alpha value is -2.69.